The summed E-state index contributed by atoms with van der Waals surface area (Å²) in [5.74, 6) is 0. The van der Waals surface area contributed by atoms with E-state index in [0.29, 0.717) is 22.4 Å². The van der Waals surface area contributed by atoms with Crippen molar-refractivity contribution in [2.45, 2.75) is 0 Å². The summed E-state index contributed by atoms with van der Waals surface area (Å²) >= 11 is 0. The van der Waals surface area contributed by atoms with Crippen molar-refractivity contribution in [3.05, 3.63) is 235 Å². The van der Waals surface area contributed by atoms with Crippen LogP contribution in [0.3, 0.4) is 0 Å². The maximum atomic E-state index is 11.8. The lowest BCUT2D eigenvalue weighted by Crippen LogP contribution is -2.05. The largest absolute Gasteiger partial charge is 0.319 e. The van der Waals surface area contributed by atoms with E-state index in [-0.39, 0.29) is 0 Å². The Morgan fingerprint density at radius 1 is 0.324 bits per heavy atom. The molecule has 0 saturated carbocycles. The second-order valence-electron chi connectivity index (χ2n) is 17.5. The molecule has 4 aromatic heterocycles. The van der Waals surface area contributed by atoms with Crippen LogP contribution in [0.4, 0.5) is 5.69 Å². The standard InChI is InChI=1S/C62H36N6/c1-64-62-50(35-40(66-54-28-12-4-20-43(54)44-21-5-13-29-55(44)66)37-61(62)68-58-32-16-8-24-47(58)48-25-9-17-33-59(48)68)49-34-39(65-52-26-10-2-18-41(52)42-19-3-11-27-53(42)65)36-60(51(49)38-63)67-56-30-14-6-22-45(56)46-23-7-15-31-57(46)67/h2-37H. The van der Waals surface area contributed by atoms with Crippen LogP contribution >= 0.6 is 0 Å². The van der Waals surface area contributed by atoms with Crippen molar-refractivity contribution in [1.82, 2.24) is 18.3 Å². The highest BCUT2D eigenvalue weighted by Crippen LogP contribution is 2.47. The first-order valence-corrected chi connectivity index (χ1v) is 22.8. The van der Waals surface area contributed by atoms with Crippen LogP contribution in [0.15, 0.2) is 218 Å². The van der Waals surface area contributed by atoms with Crippen LogP contribution in [0.2, 0.25) is 0 Å². The average molecular weight is 865 g/mol. The Labute approximate surface area is 390 Å². The molecule has 0 unspecified atom stereocenters. The molecule has 10 aromatic carbocycles. The van der Waals surface area contributed by atoms with Gasteiger partial charge in [0.05, 0.1) is 67.6 Å². The zero-order valence-corrected chi connectivity index (χ0v) is 36.5. The molecule has 0 N–H and O–H groups in total. The topological polar surface area (TPSA) is 47.9 Å². The van der Waals surface area contributed by atoms with E-state index in [0.717, 1.165) is 110 Å². The summed E-state index contributed by atoms with van der Waals surface area (Å²) in [6, 6.07) is 79.2. The van der Waals surface area contributed by atoms with Crippen molar-refractivity contribution in [2.75, 3.05) is 0 Å². The molecule has 6 heteroatoms. The number of nitriles is 1. The number of fused-ring (bicyclic) bond motifs is 12. The van der Waals surface area contributed by atoms with Crippen LogP contribution in [0, 0.1) is 17.9 Å². The molecule has 0 fully saturated rings. The normalized spacial score (nSPS) is 11.8. The van der Waals surface area contributed by atoms with Crippen LogP contribution in [-0.2, 0) is 0 Å². The van der Waals surface area contributed by atoms with Gasteiger partial charge in [-0.2, -0.15) is 5.26 Å². The van der Waals surface area contributed by atoms with Crippen molar-refractivity contribution in [3.8, 4) is 39.9 Å². The first-order valence-electron chi connectivity index (χ1n) is 22.8. The van der Waals surface area contributed by atoms with Gasteiger partial charge in [-0.1, -0.05) is 146 Å². The van der Waals surface area contributed by atoms with Crippen molar-refractivity contribution < 1.29 is 0 Å². The Balaban J connectivity index is 1.19. The number of hydrogen-bond acceptors (Lipinski definition) is 1. The predicted molar refractivity (Wildman–Crippen MR) is 280 cm³/mol. The van der Waals surface area contributed by atoms with Crippen LogP contribution in [-0.4, -0.2) is 18.3 Å². The molecule has 0 amide bonds. The Bertz CT molecular complexity index is 4030. The van der Waals surface area contributed by atoms with Gasteiger partial charge in [0.15, 0.2) is 0 Å². The molecule has 0 aliphatic rings. The summed E-state index contributed by atoms with van der Waals surface area (Å²) in [5, 5.41) is 20.8. The highest BCUT2D eigenvalue weighted by atomic mass is 15.0. The lowest BCUT2D eigenvalue weighted by atomic mass is 9.94. The maximum Gasteiger partial charge on any atom is 0.218 e. The van der Waals surface area contributed by atoms with E-state index in [2.05, 4.69) is 248 Å². The summed E-state index contributed by atoms with van der Waals surface area (Å²) in [6.07, 6.45) is 0. The van der Waals surface area contributed by atoms with Gasteiger partial charge >= 0.3 is 0 Å². The number of hydrogen-bond donors (Lipinski definition) is 0. The molecule has 0 aliphatic heterocycles. The van der Waals surface area contributed by atoms with Gasteiger partial charge in [0.2, 0.25) is 5.69 Å². The minimum absolute atomic E-state index is 0.449. The molecular formula is C62H36N6. The van der Waals surface area contributed by atoms with Gasteiger partial charge in [-0.3, -0.25) is 0 Å². The molecule has 0 aliphatic carbocycles. The molecule has 14 aromatic rings. The van der Waals surface area contributed by atoms with Crippen LogP contribution in [0.5, 0.6) is 0 Å². The van der Waals surface area contributed by atoms with Gasteiger partial charge in [-0.05, 0) is 83.9 Å². The molecule has 0 spiro atoms. The Hall–Kier alpha value is -9.62. The summed E-state index contributed by atoms with van der Waals surface area (Å²) in [7, 11) is 0. The highest BCUT2D eigenvalue weighted by molar-refractivity contribution is 6.14. The number of aromatic nitrogens is 4. The van der Waals surface area contributed by atoms with E-state index < -0.39 is 0 Å². The van der Waals surface area contributed by atoms with Crippen LogP contribution in [0.25, 0.3) is 126 Å². The quantitative estimate of drug-likeness (QED) is 0.159. The number of para-hydroxylation sites is 8. The zero-order valence-electron chi connectivity index (χ0n) is 36.5. The first kappa shape index (κ1) is 37.7. The average Bonchev–Trinajstić information content (AvgIpc) is 4.13. The zero-order chi connectivity index (χ0) is 45.0. The summed E-state index contributed by atoms with van der Waals surface area (Å²) in [6.45, 7) is 9.26. The molecule has 68 heavy (non-hydrogen) atoms. The van der Waals surface area contributed by atoms with Gasteiger partial charge < -0.3 is 18.3 Å². The lowest BCUT2D eigenvalue weighted by Gasteiger charge is -2.21. The minimum Gasteiger partial charge on any atom is -0.319 e. The molecule has 0 atom stereocenters. The molecule has 314 valence electrons. The number of nitrogens with zero attached hydrogens (tertiary/aromatic N) is 6. The fraction of sp³-hybridized carbons (Fsp3) is 0. The van der Waals surface area contributed by atoms with E-state index in [1.807, 2.05) is 0 Å². The number of benzene rings is 10. The van der Waals surface area contributed by atoms with Gasteiger partial charge in [-0.15, -0.1) is 0 Å². The van der Waals surface area contributed by atoms with Crippen LogP contribution in [0.1, 0.15) is 5.56 Å². The van der Waals surface area contributed by atoms with Crippen LogP contribution < -0.4 is 0 Å². The van der Waals surface area contributed by atoms with Crippen molar-refractivity contribution >= 4 is 92.9 Å². The van der Waals surface area contributed by atoms with Gasteiger partial charge in [0.1, 0.15) is 6.07 Å². The van der Waals surface area contributed by atoms with E-state index in [4.69, 9.17) is 0 Å². The maximum absolute atomic E-state index is 11.8. The fourth-order valence-corrected chi connectivity index (χ4v) is 11.2. The monoisotopic (exact) mass is 864 g/mol. The first-order chi connectivity index (χ1) is 33.7. The third kappa shape index (κ3) is 5.20. The molecule has 6 nitrogen and oxygen atoms in total. The second-order valence-corrected chi connectivity index (χ2v) is 17.5. The highest BCUT2D eigenvalue weighted by Gasteiger charge is 2.27. The number of rotatable bonds is 5. The Kier molecular flexibility index (Phi) is 8.01. The van der Waals surface area contributed by atoms with Gasteiger partial charge in [0.25, 0.3) is 0 Å². The summed E-state index contributed by atoms with van der Waals surface area (Å²) in [5.41, 5.74) is 13.6. The summed E-state index contributed by atoms with van der Waals surface area (Å²) in [4.78, 5) is 4.52. The Morgan fingerprint density at radius 3 is 0.897 bits per heavy atom. The van der Waals surface area contributed by atoms with Crippen molar-refractivity contribution in [3.63, 3.8) is 0 Å². The third-order valence-electron chi connectivity index (χ3n) is 14.0. The molecular weight excluding hydrogens is 829 g/mol. The molecule has 4 heterocycles. The molecule has 0 bridgehead atoms. The van der Waals surface area contributed by atoms with Crippen molar-refractivity contribution in [1.29, 1.82) is 5.26 Å². The van der Waals surface area contributed by atoms with Gasteiger partial charge in [-0.25, -0.2) is 4.85 Å². The fourth-order valence-electron chi connectivity index (χ4n) is 11.2. The second kappa shape index (κ2) is 14.4. The van der Waals surface area contributed by atoms with Crippen molar-refractivity contribution in [2.24, 2.45) is 0 Å². The van der Waals surface area contributed by atoms with E-state index in [1.165, 1.54) is 0 Å². The summed E-state index contributed by atoms with van der Waals surface area (Å²) < 4.78 is 9.12. The lowest BCUT2D eigenvalue weighted by molar-refractivity contribution is 1.12. The van der Waals surface area contributed by atoms with Gasteiger partial charge in [0, 0.05) is 54.5 Å². The Morgan fingerprint density at radius 2 is 0.588 bits per heavy atom. The van der Waals surface area contributed by atoms with E-state index in [1.54, 1.807) is 0 Å². The third-order valence-corrected chi connectivity index (χ3v) is 14.0. The SMILES string of the molecule is [C-]#[N+]c1c(-c2cc(-n3c4ccccc4c4ccccc43)cc(-n3c4ccccc4c4ccccc43)c2C#N)cc(-n2c3ccccc3c3ccccc32)cc1-n1c2ccccc2c2ccccc21. The smallest absolute Gasteiger partial charge is 0.218 e. The van der Waals surface area contributed by atoms with E-state index in [9.17, 15) is 11.8 Å². The molecule has 14 rings (SSSR count). The molecule has 0 radical (unpaired) electrons. The molecule has 0 saturated heterocycles. The minimum atomic E-state index is 0.449. The van der Waals surface area contributed by atoms with E-state index >= 15 is 0 Å². The predicted octanol–water partition coefficient (Wildman–Crippen LogP) is 16.2.